The number of aromatic nitrogens is 2. The maximum absolute atomic E-state index is 2.55. The van der Waals surface area contributed by atoms with E-state index in [-0.39, 0.29) is 0 Å². The van der Waals surface area contributed by atoms with Crippen LogP contribution in [0.5, 0.6) is 0 Å². The van der Waals surface area contributed by atoms with E-state index in [4.69, 9.17) is 0 Å². The van der Waals surface area contributed by atoms with E-state index in [1.54, 1.807) is 0 Å². The summed E-state index contributed by atoms with van der Waals surface area (Å²) in [5.74, 6) is 0. The van der Waals surface area contributed by atoms with Crippen LogP contribution in [-0.4, -0.2) is 9.13 Å². The molecule has 182 valence electrons. The van der Waals surface area contributed by atoms with E-state index in [1.165, 1.54) is 66.5 Å². The van der Waals surface area contributed by atoms with Gasteiger partial charge in [-0.05, 0) is 73.2 Å². The summed E-state index contributed by atoms with van der Waals surface area (Å²) in [6.45, 7) is 0. The van der Waals surface area contributed by atoms with E-state index in [0.717, 1.165) is 25.7 Å². The molecule has 8 rings (SSSR count). The second-order valence-electron chi connectivity index (χ2n) is 10.4. The van der Waals surface area contributed by atoms with Crippen molar-refractivity contribution >= 4 is 50.1 Å². The van der Waals surface area contributed by atoms with Crippen LogP contribution >= 0.6 is 0 Å². The molecule has 0 aliphatic heterocycles. The van der Waals surface area contributed by atoms with Crippen LogP contribution in [0.25, 0.3) is 55.7 Å². The maximum atomic E-state index is 2.55. The van der Waals surface area contributed by atoms with Crippen LogP contribution in [0.15, 0.2) is 115 Å². The van der Waals surface area contributed by atoms with E-state index in [9.17, 15) is 0 Å². The highest BCUT2D eigenvalue weighted by Gasteiger charge is 2.21. The number of hydrogen-bond acceptors (Lipinski definition) is 0. The third kappa shape index (κ3) is 3.20. The summed E-state index contributed by atoms with van der Waals surface area (Å²) in [5, 5.41) is 3.96. The highest BCUT2D eigenvalue weighted by molar-refractivity contribution is 6.09. The van der Waals surface area contributed by atoms with Crippen LogP contribution in [0.4, 0.5) is 0 Å². The molecule has 0 radical (unpaired) electrons. The number of fused-ring (bicyclic) bond motifs is 6. The molecule has 4 aromatic carbocycles. The first-order chi connectivity index (χ1) is 18.9. The first-order valence-electron chi connectivity index (χ1n) is 13.7. The fraction of sp³-hybridized carbons (Fsp3) is 0.111. The lowest BCUT2D eigenvalue weighted by Crippen LogP contribution is -2.07. The van der Waals surface area contributed by atoms with E-state index >= 15 is 0 Å². The zero-order valence-corrected chi connectivity index (χ0v) is 21.3. The van der Waals surface area contributed by atoms with Crippen molar-refractivity contribution in [1.82, 2.24) is 9.13 Å². The van der Waals surface area contributed by atoms with Crippen LogP contribution in [-0.2, 0) is 6.42 Å². The Morgan fingerprint density at radius 3 is 2.03 bits per heavy atom. The van der Waals surface area contributed by atoms with Gasteiger partial charge in [0.05, 0.1) is 16.6 Å². The molecule has 38 heavy (non-hydrogen) atoms. The van der Waals surface area contributed by atoms with Crippen LogP contribution in [0.3, 0.4) is 0 Å². The van der Waals surface area contributed by atoms with Crippen molar-refractivity contribution in [2.75, 3.05) is 0 Å². The van der Waals surface area contributed by atoms with Gasteiger partial charge in [-0.3, -0.25) is 0 Å². The van der Waals surface area contributed by atoms with Crippen molar-refractivity contribution in [3.8, 4) is 5.69 Å². The maximum Gasteiger partial charge on any atom is 0.0541 e. The number of rotatable bonds is 3. The Balaban J connectivity index is 1.27. The Morgan fingerprint density at radius 1 is 0.579 bits per heavy atom. The standard InChI is InChI=1S/C36H28N2/c1-5-19-33-29(15-1)30-16-2-6-20-34(30)37(33)27-13-9-11-25(23-27)26-12-10-14-28(24-26)38-35-21-7-3-17-31(35)32-18-4-8-22-36(32)38/h1-7,9,11-13,15-21,23-24H,8,10,14,22H2. The molecule has 2 heterocycles. The van der Waals surface area contributed by atoms with Crippen molar-refractivity contribution in [1.29, 1.82) is 0 Å². The molecule has 0 fully saturated rings. The van der Waals surface area contributed by atoms with Gasteiger partial charge < -0.3 is 9.13 Å². The Hall–Kier alpha value is -4.56. The van der Waals surface area contributed by atoms with Gasteiger partial charge in [0.2, 0.25) is 0 Å². The van der Waals surface area contributed by atoms with Crippen molar-refractivity contribution in [2.24, 2.45) is 0 Å². The van der Waals surface area contributed by atoms with Crippen molar-refractivity contribution in [3.05, 3.63) is 132 Å². The minimum Gasteiger partial charge on any atom is -0.317 e. The van der Waals surface area contributed by atoms with Gasteiger partial charge in [-0.2, -0.15) is 0 Å². The lowest BCUT2D eigenvalue weighted by molar-refractivity contribution is 0.864. The lowest BCUT2D eigenvalue weighted by atomic mass is 9.96. The molecule has 2 nitrogen and oxygen atoms in total. The number of para-hydroxylation sites is 3. The molecule has 0 atom stereocenters. The SMILES string of the molecule is C1=Cc2c(n(C3=CC(c4cccc(-n5c6ccccc6c6ccccc65)c4)=CCC3)c3ccccc23)CC1. The summed E-state index contributed by atoms with van der Waals surface area (Å²) in [7, 11) is 0. The summed E-state index contributed by atoms with van der Waals surface area (Å²) >= 11 is 0. The second kappa shape index (κ2) is 8.49. The van der Waals surface area contributed by atoms with Gasteiger partial charge in [0.25, 0.3) is 0 Å². The zero-order valence-electron chi connectivity index (χ0n) is 21.3. The summed E-state index contributed by atoms with van der Waals surface area (Å²) in [6.07, 6.45) is 13.8. The first-order valence-corrected chi connectivity index (χ1v) is 13.7. The Labute approximate surface area is 222 Å². The molecular formula is C36H28N2. The van der Waals surface area contributed by atoms with Gasteiger partial charge in [0, 0.05) is 38.8 Å². The van der Waals surface area contributed by atoms with Gasteiger partial charge in [-0.1, -0.05) is 85.0 Å². The van der Waals surface area contributed by atoms with Crippen LogP contribution in [0.2, 0.25) is 0 Å². The Kier molecular flexibility index (Phi) is 4.81. The molecule has 2 aromatic heterocycles. The Bertz CT molecular complexity index is 1920. The molecule has 2 aliphatic carbocycles. The molecule has 6 aromatic rings. The average molecular weight is 489 g/mol. The van der Waals surface area contributed by atoms with Gasteiger partial charge in [-0.15, -0.1) is 0 Å². The fourth-order valence-corrected chi connectivity index (χ4v) is 6.59. The molecule has 0 spiro atoms. The van der Waals surface area contributed by atoms with Crippen molar-refractivity contribution in [3.63, 3.8) is 0 Å². The number of benzene rings is 4. The fourth-order valence-electron chi connectivity index (χ4n) is 6.59. The highest BCUT2D eigenvalue weighted by Crippen LogP contribution is 2.38. The van der Waals surface area contributed by atoms with Crippen LogP contribution in [0, 0.1) is 0 Å². The van der Waals surface area contributed by atoms with Crippen molar-refractivity contribution in [2.45, 2.75) is 25.7 Å². The smallest absolute Gasteiger partial charge is 0.0541 e. The summed E-state index contributed by atoms with van der Waals surface area (Å²) < 4.78 is 4.96. The average Bonchev–Trinajstić information content (AvgIpc) is 3.51. The second-order valence-corrected chi connectivity index (χ2v) is 10.4. The van der Waals surface area contributed by atoms with Gasteiger partial charge in [0.1, 0.15) is 0 Å². The monoisotopic (exact) mass is 488 g/mol. The molecule has 0 amide bonds. The summed E-state index contributed by atoms with van der Waals surface area (Å²) in [6, 6.07) is 35.4. The number of nitrogens with zero attached hydrogens (tertiary/aromatic N) is 2. The Morgan fingerprint density at radius 2 is 1.26 bits per heavy atom. The van der Waals surface area contributed by atoms with E-state index in [1.807, 2.05) is 0 Å². The minimum atomic E-state index is 1.05. The number of hydrogen-bond donors (Lipinski definition) is 0. The van der Waals surface area contributed by atoms with Gasteiger partial charge in [-0.25, -0.2) is 0 Å². The molecule has 0 saturated heterocycles. The predicted molar refractivity (Wildman–Crippen MR) is 162 cm³/mol. The molecule has 2 heteroatoms. The molecule has 0 saturated carbocycles. The normalized spacial score (nSPS) is 15.2. The summed E-state index contributed by atoms with van der Waals surface area (Å²) in [5.41, 5.74) is 11.9. The third-order valence-electron chi connectivity index (χ3n) is 8.24. The third-order valence-corrected chi connectivity index (χ3v) is 8.24. The topological polar surface area (TPSA) is 9.86 Å². The van der Waals surface area contributed by atoms with Gasteiger partial charge in [0.15, 0.2) is 0 Å². The minimum absolute atomic E-state index is 1.05. The van der Waals surface area contributed by atoms with Crippen LogP contribution in [0.1, 0.15) is 36.1 Å². The quantitative estimate of drug-likeness (QED) is 0.235. The molecule has 0 bridgehead atoms. The molecule has 0 unspecified atom stereocenters. The largest absolute Gasteiger partial charge is 0.317 e. The molecule has 0 N–H and O–H groups in total. The van der Waals surface area contributed by atoms with E-state index in [2.05, 4.69) is 131 Å². The van der Waals surface area contributed by atoms with E-state index in [0.29, 0.717) is 0 Å². The summed E-state index contributed by atoms with van der Waals surface area (Å²) in [4.78, 5) is 0. The van der Waals surface area contributed by atoms with Gasteiger partial charge >= 0.3 is 0 Å². The van der Waals surface area contributed by atoms with Crippen molar-refractivity contribution < 1.29 is 0 Å². The van der Waals surface area contributed by atoms with Crippen LogP contribution < -0.4 is 0 Å². The number of allylic oxidation sites excluding steroid dienone is 5. The first kappa shape index (κ1) is 21.5. The molecular weight excluding hydrogens is 460 g/mol. The lowest BCUT2D eigenvalue weighted by Gasteiger charge is -2.20. The molecule has 2 aliphatic rings. The zero-order chi connectivity index (χ0) is 25.1. The highest BCUT2D eigenvalue weighted by atomic mass is 15.0. The van der Waals surface area contributed by atoms with E-state index < -0.39 is 0 Å². The predicted octanol–water partition coefficient (Wildman–Crippen LogP) is 9.42.